The Hall–Kier alpha value is -1.71. The first kappa shape index (κ1) is 11.4. The van der Waals surface area contributed by atoms with Crippen LogP contribution in [-0.4, -0.2) is 18.2 Å². The molecule has 0 saturated carbocycles. The molecule has 4 nitrogen and oxygen atoms in total. The van der Waals surface area contributed by atoms with Crippen LogP contribution in [0.5, 0.6) is 5.75 Å². The summed E-state index contributed by atoms with van der Waals surface area (Å²) < 4.78 is 5.16. The summed E-state index contributed by atoms with van der Waals surface area (Å²) >= 11 is 0. The van der Waals surface area contributed by atoms with E-state index in [0.717, 1.165) is 11.1 Å². The molecule has 0 aromatic heterocycles. The minimum absolute atomic E-state index is 0.0840. The summed E-state index contributed by atoms with van der Waals surface area (Å²) in [6.07, 6.45) is 0.524. The Bertz CT molecular complexity index is 374. The molecule has 4 heteroatoms. The molecular weight excluding hydrogens is 194 g/mol. The molecule has 0 spiro atoms. The Morgan fingerprint density at radius 1 is 1.53 bits per heavy atom. The van der Waals surface area contributed by atoms with Crippen LogP contribution in [0.15, 0.2) is 12.1 Å². The number of hydrogen-bond donors (Lipinski definition) is 2. The molecule has 0 saturated heterocycles. The van der Waals surface area contributed by atoms with Crippen molar-refractivity contribution in [2.75, 3.05) is 12.8 Å². The summed E-state index contributed by atoms with van der Waals surface area (Å²) in [5.74, 6) is -0.123. The van der Waals surface area contributed by atoms with Crippen molar-refractivity contribution in [1.82, 2.24) is 0 Å². The molecule has 1 rings (SSSR count). The normalized spacial score (nSPS) is 10.0. The van der Waals surface area contributed by atoms with Crippen LogP contribution in [0.4, 0.5) is 5.69 Å². The highest BCUT2D eigenvalue weighted by atomic mass is 16.5. The summed E-state index contributed by atoms with van der Waals surface area (Å²) in [5, 5.41) is 8.63. The minimum atomic E-state index is -0.820. The number of carboxylic acid groups (broad SMARTS) is 1. The standard InChI is InChI=1S/C11H15NO3/c1-7-8(3-6-11(13)14)10(15-2)5-4-9(7)12/h4-5H,3,6,12H2,1-2H3,(H,13,14). The van der Waals surface area contributed by atoms with E-state index in [0.29, 0.717) is 17.9 Å². The van der Waals surface area contributed by atoms with Crippen molar-refractivity contribution in [2.45, 2.75) is 19.8 Å². The molecule has 0 aliphatic heterocycles. The highest BCUT2D eigenvalue weighted by Crippen LogP contribution is 2.27. The van der Waals surface area contributed by atoms with Gasteiger partial charge >= 0.3 is 5.97 Å². The molecule has 0 atom stereocenters. The van der Waals surface area contributed by atoms with Gasteiger partial charge in [-0.2, -0.15) is 0 Å². The fraction of sp³-hybridized carbons (Fsp3) is 0.364. The van der Waals surface area contributed by atoms with Crippen molar-refractivity contribution in [3.63, 3.8) is 0 Å². The number of hydrogen-bond acceptors (Lipinski definition) is 3. The van der Waals surface area contributed by atoms with Crippen molar-refractivity contribution in [2.24, 2.45) is 0 Å². The quantitative estimate of drug-likeness (QED) is 0.739. The lowest BCUT2D eigenvalue weighted by Crippen LogP contribution is -2.03. The summed E-state index contributed by atoms with van der Waals surface area (Å²) in [7, 11) is 1.56. The zero-order valence-corrected chi connectivity index (χ0v) is 8.91. The maximum atomic E-state index is 10.5. The van der Waals surface area contributed by atoms with Crippen molar-refractivity contribution >= 4 is 11.7 Å². The molecule has 1 aromatic carbocycles. The average Bonchev–Trinajstić information content (AvgIpc) is 2.20. The van der Waals surface area contributed by atoms with Gasteiger partial charge in [0.2, 0.25) is 0 Å². The zero-order valence-electron chi connectivity index (χ0n) is 8.91. The second-order valence-corrected chi connectivity index (χ2v) is 3.35. The average molecular weight is 209 g/mol. The number of methoxy groups -OCH3 is 1. The van der Waals surface area contributed by atoms with Crippen LogP contribution < -0.4 is 10.5 Å². The van der Waals surface area contributed by atoms with E-state index in [4.69, 9.17) is 15.6 Å². The summed E-state index contributed by atoms with van der Waals surface area (Å²) in [4.78, 5) is 10.5. The number of aliphatic carboxylic acids is 1. The maximum absolute atomic E-state index is 10.5. The molecule has 15 heavy (non-hydrogen) atoms. The summed E-state index contributed by atoms with van der Waals surface area (Å²) in [5.41, 5.74) is 8.18. The maximum Gasteiger partial charge on any atom is 0.303 e. The van der Waals surface area contributed by atoms with E-state index in [1.54, 1.807) is 19.2 Å². The SMILES string of the molecule is COc1ccc(N)c(C)c1CCC(=O)O. The monoisotopic (exact) mass is 209 g/mol. The Morgan fingerprint density at radius 3 is 2.73 bits per heavy atom. The lowest BCUT2D eigenvalue weighted by molar-refractivity contribution is -0.136. The van der Waals surface area contributed by atoms with Crippen molar-refractivity contribution in [3.05, 3.63) is 23.3 Å². The first-order chi connectivity index (χ1) is 7.06. The third-order valence-electron chi connectivity index (χ3n) is 2.41. The Kier molecular flexibility index (Phi) is 3.55. The van der Waals surface area contributed by atoms with Gasteiger partial charge in [-0.3, -0.25) is 4.79 Å². The van der Waals surface area contributed by atoms with Gasteiger partial charge in [0.05, 0.1) is 7.11 Å². The molecule has 0 fully saturated rings. The van der Waals surface area contributed by atoms with Gasteiger partial charge in [-0.15, -0.1) is 0 Å². The van der Waals surface area contributed by atoms with Gasteiger partial charge in [0.15, 0.2) is 0 Å². The first-order valence-electron chi connectivity index (χ1n) is 4.70. The van der Waals surface area contributed by atoms with Gasteiger partial charge < -0.3 is 15.6 Å². The fourth-order valence-electron chi connectivity index (χ4n) is 1.48. The van der Waals surface area contributed by atoms with Crippen LogP contribution in [0.1, 0.15) is 17.5 Å². The van der Waals surface area contributed by atoms with E-state index in [-0.39, 0.29) is 6.42 Å². The van der Waals surface area contributed by atoms with Gasteiger partial charge in [0.25, 0.3) is 0 Å². The minimum Gasteiger partial charge on any atom is -0.496 e. The molecule has 1 aromatic rings. The van der Waals surface area contributed by atoms with Crippen LogP contribution in [0.3, 0.4) is 0 Å². The summed E-state index contributed by atoms with van der Waals surface area (Å²) in [6.45, 7) is 1.87. The molecule has 0 unspecified atom stereocenters. The second kappa shape index (κ2) is 4.68. The van der Waals surface area contributed by atoms with Crippen LogP contribution in [0.2, 0.25) is 0 Å². The van der Waals surface area contributed by atoms with Gasteiger partial charge in [-0.25, -0.2) is 0 Å². The smallest absolute Gasteiger partial charge is 0.303 e. The van der Waals surface area contributed by atoms with E-state index in [2.05, 4.69) is 0 Å². The number of ether oxygens (including phenoxy) is 1. The number of anilines is 1. The lowest BCUT2D eigenvalue weighted by Gasteiger charge is -2.12. The molecular formula is C11H15NO3. The molecule has 0 bridgehead atoms. The van der Waals surface area contributed by atoms with Crippen molar-refractivity contribution in [1.29, 1.82) is 0 Å². The van der Waals surface area contributed by atoms with Crippen LogP contribution in [0.25, 0.3) is 0 Å². The van der Waals surface area contributed by atoms with Gasteiger partial charge in [-0.1, -0.05) is 0 Å². The third-order valence-corrected chi connectivity index (χ3v) is 2.41. The Morgan fingerprint density at radius 2 is 2.20 bits per heavy atom. The highest BCUT2D eigenvalue weighted by molar-refractivity contribution is 5.68. The second-order valence-electron chi connectivity index (χ2n) is 3.35. The molecule has 0 radical (unpaired) electrons. The van der Waals surface area contributed by atoms with Crippen LogP contribution in [0, 0.1) is 6.92 Å². The molecule has 0 heterocycles. The Labute approximate surface area is 88.7 Å². The number of rotatable bonds is 4. The zero-order chi connectivity index (χ0) is 11.4. The first-order valence-corrected chi connectivity index (χ1v) is 4.70. The van der Waals surface area contributed by atoms with Gasteiger partial charge in [0, 0.05) is 12.1 Å². The predicted octanol–water partition coefficient (Wildman–Crippen LogP) is 1.60. The van der Waals surface area contributed by atoms with E-state index >= 15 is 0 Å². The molecule has 0 aliphatic rings. The lowest BCUT2D eigenvalue weighted by atomic mass is 10.0. The van der Waals surface area contributed by atoms with E-state index < -0.39 is 5.97 Å². The topological polar surface area (TPSA) is 72.5 Å². The number of benzene rings is 1. The number of nitrogen functional groups attached to an aromatic ring is 1. The van der Waals surface area contributed by atoms with E-state index in [1.807, 2.05) is 6.92 Å². The molecule has 82 valence electrons. The van der Waals surface area contributed by atoms with Crippen molar-refractivity contribution in [3.8, 4) is 5.75 Å². The largest absolute Gasteiger partial charge is 0.496 e. The predicted molar refractivity (Wildman–Crippen MR) is 58.1 cm³/mol. The van der Waals surface area contributed by atoms with Crippen LogP contribution in [-0.2, 0) is 11.2 Å². The van der Waals surface area contributed by atoms with Gasteiger partial charge in [0.1, 0.15) is 5.75 Å². The van der Waals surface area contributed by atoms with E-state index in [9.17, 15) is 4.79 Å². The molecule has 3 N–H and O–H groups in total. The number of nitrogens with two attached hydrogens (primary N) is 1. The Balaban J connectivity index is 3.01. The highest BCUT2D eigenvalue weighted by Gasteiger charge is 2.10. The van der Waals surface area contributed by atoms with Crippen molar-refractivity contribution < 1.29 is 14.6 Å². The summed E-state index contributed by atoms with van der Waals surface area (Å²) in [6, 6.07) is 3.53. The number of carbonyl (C=O) groups is 1. The van der Waals surface area contributed by atoms with E-state index in [1.165, 1.54) is 0 Å². The van der Waals surface area contributed by atoms with Gasteiger partial charge in [-0.05, 0) is 36.6 Å². The fourth-order valence-corrected chi connectivity index (χ4v) is 1.48. The number of carboxylic acids is 1. The third kappa shape index (κ3) is 2.62. The molecule has 0 aliphatic carbocycles. The van der Waals surface area contributed by atoms with Crippen LogP contribution >= 0.6 is 0 Å². The molecule has 0 amide bonds.